The predicted octanol–water partition coefficient (Wildman–Crippen LogP) is 8.43. The summed E-state index contributed by atoms with van der Waals surface area (Å²) in [6.07, 6.45) is 7.29. The van der Waals surface area contributed by atoms with E-state index in [4.69, 9.17) is 24.2 Å². The summed E-state index contributed by atoms with van der Waals surface area (Å²) >= 11 is 0. The number of carbonyl (C=O) groups excluding carboxylic acids is 3. The number of rotatable bonds is 12. The van der Waals surface area contributed by atoms with Gasteiger partial charge in [0.15, 0.2) is 0 Å². The second-order valence-electron chi connectivity index (χ2n) is 17.0. The molecule has 59 heavy (non-hydrogen) atoms. The number of benzene rings is 3. The molecular weight excluding hydrogens is 747 g/mol. The number of fused-ring (bicyclic) bond motifs is 6. The summed E-state index contributed by atoms with van der Waals surface area (Å²) in [5.41, 5.74) is 6.84. The molecule has 2 aromatic heterocycles. The minimum absolute atomic E-state index is 0.00249. The van der Waals surface area contributed by atoms with Crippen molar-refractivity contribution in [2.24, 2.45) is 11.8 Å². The van der Waals surface area contributed by atoms with Gasteiger partial charge in [0.1, 0.15) is 30.0 Å². The number of nitrogens with zero attached hydrogens (tertiary/aromatic N) is 4. The van der Waals surface area contributed by atoms with Crippen LogP contribution < -0.4 is 10.1 Å². The van der Waals surface area contributed by atoms with E-state index < -0.39 is 12.1 Å². The monoisotopic (exact) mass is 803 g/mol. The van der Waals surface area contributed by atoms with Gasteiger partial charge in [-0.25, -0.2) is 14.8 Å². The van der Waals surface area contributed by atoms with Crippen LogP contribution in [0.15, 0.2) is 48.7 Å². The van der Waals surface area contributed by atoms with E-state index in [-0.39, 0.29) is 41.8 Å². The Morgan fingerprint density at radius 2 is 1.90 bits per heavy atom. The summed E-state index contributed by atoms with van der Waals surface area (Å²) in [5.74, 6) is 2.49. The maximum atomic E-state index is 13.9. The van der Waals surface area contributed by atoms with Gasteiger partial charge in [-0.2, -0.15) is 0 Å². The molecule has 5 atom stereocenters. The number of ether oxygens (including phenoxy) is 3. The number of aromatic amines is 2. The van der Waals surface area contributed by atoms with Gasteiger partial charge >= 0.3 is 6.09 Å². The average molecular weight is 804 g/mol. The second kappa shape index (κ2) is 17.0. The fourth-order valence-corrected chi connectivity index (χ4v) is 9.27. The summed E-state index contributed by atoms with van der Waals surface area (Å²) in [5, 5.41) is 4.79. The molecule has 5 heterocycles. The zero-order valence-electron chi connectivity index (χ0n) is 35.1. The number of carbonyl (C=O) groups is 3. The predicted molar refractivity (Wildman–Crippen MR) is 226 cm³/mol. The highest BCUT2D eigenvalue weighted by atomic mass is 16.5. The van der Waals surface area contributed by atoms with Crippen LogP contribution in [0.2, 0.25) is 0 Å². The number of alkyl carbamates (subject to hydrolysis) is 1. The number of aromatic nitrogens is 4. The highest BCUT2D eigenvalue weighted by molar-refractivity contribution is 6.07. The molecule has 3 aromatic carbocycles. The molecule has 0 bridgehead atoms. The standard InChI is InChI=1S/C46H57N7O6/c1-7-9-27(4)52(41(54)18-29-10-8-17-58-24-29)23-40-48-36-15-13-30-20-35-33-14-12-31(19-32(33)25-59-39(35)21-34(30)43(36)50-40)37-22-47-44(49-37)38-16-11-28(5)53(38)45(55)42(26(2)3)51-46(56)57-6/h12-15,19-22,26-29,38,42H,7-11,16-18,23-25H2,1-6H3,(H,47,49)(H,48,50)(H,51,56)/t27-,28-,29+,38-,42?/m0/s1. The molecule has 0 aliphatic carbocycles. The first kappa shape index (κ1) is 40.4. The number of hydrogen-bond donors (Lipinski definition) is 3. The van der Waals surface area contributed by atoms with Crippen molar-refractivity contribution in [1.29, 1.82) is 0 Å². The minimum Gasteiger partial charge on any atom is -0.488 e. The summed E-state index contributed by atoms with van der Waals surface area (Å²) in [6.45, 7) is 12.5. The number of hydrogen-bond acceptors (Lipinski definition) is 8. The number of nitrogens with one attached hydrogen (secondary N) is 3. The fraction of sp³-hybridized carbons (Fsp3) is 0.500. The average Bonchev–Trinajstić information content (AvgIpc) is 3.99. The molecule has 0 spiro atoms. The van der Waals surface area contributed by atoms with E-state index in [1.165, 1.54) is 7.11 Å². The maximum absolute atomic E-state index is 13.9. The first-order valence-electron chi connectivity index (χ1n) is 21.3. The van der Waals surface area contributed by atoms with Crippen molar-refractivity contribution >= 4 is 39.7 Å². The van der Waals surface area contributed by atoms with Crippen molar-refractivity contribution in [2.45, 2.75) is 117 Å². The SMILES string of the molecule is CCC[C@H](C)N(Cc1nc2c(ccc3cc4c(cc32)OCc2cc(-c3cnc([C@@H]5CC[C@H](C)N5C(=O)C(NC(=O)OC)C(C)C)[nH]3)ccc2-4)[nH]1)C(=O)C[C@H]1CCCOC1. The summed E-state index contributed by atoms with van der Waals surface area (Å²) in [6, 6.07) is 14.0. The van der Waals surface area contributed by atoms with Gasteiger partial charge in [-0.3, -0.25) is 9.59 Å². The number of H-pyrrole nitrogens is 2. The van der Waals surface area contributed by atoms with Crippen LogP contribution in [-0.2, 0) is 32.2 Å². The van der Waals surface area contributed by atoms with Crippen LogP contribution in [-0.4, -0.2) is 86.1 Å². The van der Waals surface area contributed by atoms with Crippen LogP contribution >= 0.6 is 0 Å². The smallest absolute Gasteiger partial charge is 0.407 e. The van der Waals surface area contributed by atoms with Gasteiger partial charge in [0, 0.05) is 42.7 Å². The molecule has 2 saturated heterocycles. The zero-order chi connectivity index (χ0) is 41.4. The van der Waals surface area contributed by atoms with E-state index >= 15 is 0 Å². The van der Waals surface area contributed by atoms with Crippen LogP contribution in [0.1, 0.15) is 103 Å². The molecule has 312 valence electrons. The number of methoxy groups -OCH3 is 1. The normalized spacial score (nSPS) is 19.9. The van der Waals surface area contributed by atoms with Crippen LogP contribution in [0, 0.1) is 11.8 Å². The first-order chi connectivity index (χ1) is 28.5. The zero-order valence-corrected chi connectivity index (χ0v) is 35.1. The van der Waals surface area contributed by atoms with Gasteiger partial charge in [-0.05, 0) is 104 Å². The van der Waals surface area contributed by atoms with E-state index in [2.05, 4.69) is 71.6 Å². The lowest BCUT2D eigenvalue weighted by Gasteiger charge is -2.32. The van der Waals surface area contributed by atoms with Gasteiger partial charge in [0.05, 0.1) is 42.6 Å². The summed E-state index contributed by atoms with van der Waals surface area (Å²) < 4.78 is 16.9. The Balaban J connectivity index is 1.02. The Hall–Kier alpha value is -5.43. The Morgan fingerprint density at radius 1 is 1.05 bits per heavy atom. The quantitative estimate of drug-likeness (QED) is 0.114. The Labute approximate surface area is 345 Å². The maximum Gasteiger partial charge on any atom is 0.407 e. The molecule has 1 unspecified atom stereocenters. The molecule has 3 aliphatic heterocycles. The lowest BCUT2D eigenvalue weighted by atomic mass is 9.92. The number of amides is 3. The lowest BCUT2D eigenvalue weighted by Crippen LogP contribution is -2.52. The fourth-order valence-electron chi connectivity index (χ4n) is 9.27. The largest absolute Gasteiger partial charge is 0.488 e. The topological polar surface area (TPSA) is 155 Å². The summed E-state index contributed by atoms with van der Waals surface area (Å²) in [7, 11) is 1.30. The molecule has 5 aromatic rings. The van der Waals surface area contributed by atoms with Gasteiger partial charge in [0.25, 0.3) is 0 Å². The van der Waals surface area contributed by atoms with Crippen molar-refractivity contribution < 1.29 is 28.6 Å². The van der Waals surface area contributed by atoms with Crippen molar-refractivity contribution in [3.8, 4) is 28.1 Å². The van der Waals surface area contributed by atoms with E-state index in [0.29, 0.717) is 26.2 Å². The van der Waals surface area contributed by atoms with Crippen molar-refractivity contribution in [1.82, 2.24) is 35.1 Å². The Bertz CT molecular complexity index is 2340. The van der Waals surface area contributed by atoms with Gasteiger partial charge in [-0.15, -0.1) is 0 Å². The molecule has 2 fully saturated rings. The number of likely N-dealkylation sites (tertiary alicyclic amines) is 1. The molecule has 3 amide bonds. The van der Waals surface area contributed by atoms with Crippen LogP contribution in [0.4, 0.5) is 4.79 Å². The minimum atomic E-state index is -0.706. The molecule has 0 radical (unpaired) electrons. The lowest BCUT2D eigenvalue weighted by molar-refractivity contribution is -0.137. The number of imidazole rings is 2. The highest BCUT2D eigenvalue weighted by Crippen LogP contribution is 2.43. The van der Waals surface area contributed by atoms with Crippen molar-refractivity contribution in [3.63, 3.8) is 0 Å². The Morgan fingerprint density at radius 3 is 2.66 bits per heavy atom. The van der Waals surface area contributed by atoms with E-state index in [1.807, 2.05) is 36.8 Å². The molecular formula is C46H57N7O6. The van der Waals surface area contributed by atoms with Crippen LogP contribution in [0.3, 0.4) is 0 Å². The van der Waals surface area contributed by atoms with E-state index in [1.54, 1.807) is 0 Å². The van der Waals surface area contributed by atoms with Gasteiger partial charge in [0.2, 0.25) is 11.8 Å². The Kier molecular flexibility index (Phi) is 11.7. The second-order valence-corrected chi connectivity index (χ2v) is 17.0. The third-order valence-corrected chi connectivity index (χ3v) is 12.5. The van der Waals surface area contributed by atoms with E-state index in [0.717, 1.165) is 112 Å². The van der Waals surface area contributed by atoms with Crippen molar-refractivity contribution in [2.75, 3.05) is 20.3 Å². The molecule has 3 aliphatic rings. The molecule has 3 N–H and O–H groups in total. The third kappa shape index (κ3) is 8.13. The summed E-state index contributed by atoms with van der Waals surface area (Å²) in [4.78, 5) is 60.4. The molecule has 8 rings (SSSR count). The third-order valence-electron chi connectivity index (χ3n) is 12.5. The van der Waals surface area contributed by atoms with Crippen molar-refractivity contribution in [3.05, 3.63) is 65.9 Å². The van der Waals surface area contributed by atoms with Gasteiger partial charge < -0.3 is 39.3 Å². The van der Waals surface area contributed by atoms with E-state index in [9.17, 15) is 14.4 Å². The highest BCUT2D eigenvalue weighted by Gasteiger charge is 2.41. The molecule has 13 heteroatoms. The van der Waals surface area contributed by atoms with Crippen LogP contribution in [0.5, 0.6) is 5.75 Å². The molecule has 13 nitrogen and oxygen atoms in total. The van der Waals surface area contributed by atoms with Gasteiger partial charge in [-0.1, -0.05) is 45.4 Å². The first-order valence-corrected chi connectivity index (χ1v) is 21.3. The van der Waals surface area contributed by atoms with Crippen LogP contribution in [0.25, 0.3) is 44.2 Å². The molecule has 0 saturated carbocycles.